The van der Waals surface area contributed by atoms with Crippen molar-refractivity contribution >= 4 is 17.9 Å². The maximum Gasteiger partial charge on any atom is 0.306 e. The number of rotatable bonds is 52. The van der Waals surface area contributed by atoms with Crippen LogP contribution in [0.15, 0.2) is 0 Å². The van der Waals surface area contributed by atoms with Crippen molar-refractivity contribution in [1.82, 2.24) is 0 Å². The first-order valence-electron chi connectivity index (χ1n) is 28.8. The molecule has 0 aromatic carbocycles. The van der Waals surface area contributed by atoms with Gasteiger partial charge in [0.2, 0.25) is 0 Å². The second kappa shape index (κ2) is 50.8. The third-order valence-electron chi connectivity index (χ3n) is 13.6. The van der Waals surface area contributed by atoms with E-state index in [1.807, 2.05) is 0 Å². The molecule has 0 aliphatic rings. The minimum Gasteiger partial charge on any atom is -0.462 e. The Morgan fingerprint density at radius 1 is 0.328 bits per heavy atom. The summed E-state index contributed by atoms with van der Waals surface area (Å²) in [6, 6.07) is 0. The van der Waals surface area contributed by atoms with Gasteiger partial charge in [-0.3, -0.25) is 14.4 Å². The average molecular weight is 906 g/mol. The highest BCUT2D eigenvalue weighted by Crippen LogP contribution is 2.18. The van der Waals surface area contributed by atoms with Crippen LogP contribution in [0, 0.1) is 11.8 Å². The van der Waals surface area contributed by atoms with Crippen LogP contribution >= 0.6 is 0 Å². The smallest absolute Gasteiger partial charge is 0.306 e. The summed E-state index contributed by atoms with van der Waals surface area (Å²) in [5.41, 5.74) is 0. The Bertz CT molecular complexity index is 980. The lowest BCUT2D eigenvalue weighted by molar-refractivity contribution is -0.167. The molecule has 6 nitrogen and oxygen atoms in total. The Balaban J connectivity index is 4.29. The maximum atomic E-state index is 12.8. The van der Waals surface area contributed by atoms with E-state index in [0.29, 0.717) is 19.3 Å². The number of esters is 3. The summed E-state index contributed by atoms with van der Waals surface area (Å²) in [6.07, 6.45) is 53.7. The number of carbonyl (C=O) groups is 3. The first-order valence-corrected chi connectivity index (χ1v) is 28.8. The molecule has 0 saturated heterocycles. The van der Waals surface area contributed by atoms with Gasteiger partial charge in [0.1, 0.15) is 13.2 Å². The van der Waals surface area contributed by atoms with E-state index in [-0.39, 0.29) is 31.1 Å². The van der Waals surface area contributed by atoms with Crippen molar-refractivity contribution in [1.29, 1.82) is 0 Å². The van der Waals surface area contributed by atoms with Crippen LogP contribution in [0.5, 0.6) is 0 Å². The molecule has 0 heterocycles. The standard InChI is InChI=1S/C58H112O6/c1-6-8-9-10-11-12-13-14-15-16-17-21-24-27-33-38-43-48-56(59)62-51-55(52-63-57(60)49-44-39-34-30-29-32-37-42-47-54(5)7-2)64-58(61)50-45-40-35-28-25-22-19-18-20-23-26-31-36-41-46-53(3)4/h53-55H,6-52H2,1-5H3/t54?,55-/m1/s1. The van der Waals surface area contributed by atoms with Crippen LogP contribution in [0.2, 0.25) is 0 Å². The largest absolute Gasteiger partial charge is 0.462 e. The fraction of sp³-hybridized carbons (Fsp3) is 0.948. The molecule has 0 radical (unpaired) electrons. The van der Waals surface area contributed by atoms with Gasteiger partial charge in [-0.05, 0) is 31.1 Å². The highest BCUT2D eigenvalue weighted by atomic mass is 16.6. The first-order chi connectivity index (χ1) is 31.3. The fourth-order valence-electron chi connectivity index (χ4n) is 8.84. The molecule has 0 spiro atoms. The van der Waals surface area contributed by atoms with E-state index in [1.165, 1.54) is 212 Å². The van der Waals surface area contributed by atoms with Gasteiger partial charge in [0.25, 0.3) is 0 Å². The molecular formula is C58H112O6. The van der Waals surface area contributed by atoms with E-state index >= 15 is 0 Å². The van der Waals surface area contributed by atoms with Gasteiger partial charge in [0.15, 0.2) is 6.10 Å². The normalized spacial score (nSPS) is 12.5. The predicted octanol–water partition coefficient (Wildman–Crippen LogP) is 18.9. The molecule has 0 N–H and O–H groups in total. The summed E-state index contributed by atoms with van der Waals surface area (Å²) in [5, 5.41) is 0. The quantitative estimate of drug-likeness (QED) is 0.0344. The number of ether oxygens (including phenoxy) is 3. The second-order valence-electron chi connectivity index (χ2n) is 20.6. The molecule has 0 aromatic rings. The van der Waals surface area contributed by atoms with Gasteiger partial charge in [-0.25, -0.2) is 0 Å². The fourth-order valence-corrected chi connectivity index (χ4v) is 8.84. The Kier molecular flexibility index (Phi) is 49.6. The third kappa shape index (κ3) is 49.8. The summed E-state index contributed by atoms with van der Waals surface area (Å²) in [4.78, 5) is 38.1. The zero-order valence-electron chi connectivity index (χ0n) is 43.9. The number of hydrogen-bond donors (Lipinski definition) is 0. The minimum atomic E-state index is -0.763. The van der Waals surface area contributed by atoms with Crippen molar-refractivity contribution in [2.24, 2.45) is 11.8 Å². The van der Waals surface area contributed by atoms with Gasteiger partial charge in [0, 0.05) is 19.3 Å². The van der Waals surface area contributed by atoms with Gasteiger partial charge >= 0.3 is 17.9 Å². The molecule has 6 heteroatoms. The number of carbonyl (C=O) groups excluding carboxylic acids is 3. The summed E-state index contributed by atoms with van der Waals surface area (Å²) in [6.45, 7) is 11.4. The zero-order chi connectivity index (χ0) is 46.8. The van der Waals surface area contributed by atoms with Crippen molar-refractivity contribution < 1.29 is 28.6 Å². The SMILES string of the molecule is CCCCCCCCCCCCCCCCCCCC(=O)OC[C@H](COC(=O)CCCCCCCCCCC(C)CC)OC(=O)CCCCCCCCCCCCCCCCC(C)C. The van der Waals surface area contributed by atoms with Crippen LogP contribution in [-0.4, -0.2) is 37.2 Å². The van der Waals surface area contributed by atoms with Crippen molar-refractivity contribution in [3.05, 3.63) is 0 Å². The average Bonchev–Trinajstić information content (AvgIpc) is 3.28. The molecule has 0 rings (SSSR count). The molecule has 0 saturated carbocycles. The predicted molar refractivity (Wildman–Crippen MR) is 275 cm³/mol. The lowest BCUT2D eigenvalue weighted by atomic mass is 9.99. The molecular weight excluding hydrogens is 793 g/mol. The zero-order valence-corrected chi connectivity index (χ0v) is 43.9. The molecule has 0 amide bonds. The van der Waals surface area contributed by atoms with Gasteiger partial charge in [0.05, 0.1) is 0 Å². The molecule has 380 valence electrons. The van der Waals surface area contributed by atoms with Gasteiger partial charge < -0.3 is 14.2 Å². The molecule has 1 unspecified atom stereocenters. The van der Waals surface area contributed by atoms with Crippen molar-refractivity contribution in [3.8, 4) is 0 Å². The van der Waals surface area contributed by atoms with E-state index in [2.05, 4.69) is 34.6 Å². The van der Waals surface area contributed by atoms with Crippen LogP contribution < -0.4 is 0 Å². The van der Waals surface area contributed by atoms with E-state index in [4.69, 9.17) is 14.2 Å². The maximum absolute atomic E-state index is 12.8. The highest BCUT2D eigenvalue weighted by Gasteiger charge is 2.19. The van der Waals surface area contributed by atoms with E-state index < -0.39 is 6.10 Å². The lowest BCUT2D eigenvalue weighted by Gasteiger charge is -2.18. The lowest BCUT2D eigenvalue weighted by Crippen LogP contribution is -2.30. The highest BCUT2D eigenvalue weighted by molar-refractivity contribution is 5.71. The van der Waals surface area contributed by atoms with Crippen molar-refractivity contribution in [2.45, 2.75) is 330 Å². The van der Waals surface area contributed by atoms with Gasteiger partial charge in [-0.15, -0.1) is 0 Å². The minimum absolute atomic E-state index is 0.0630. The topological polar surface area (TPSA) is 78.9 Å². The van der Waals surface area contributed by atoms with Crippen molar-refractivity contribution in [2.75, 3.05) is 13.2 Å². The van der Waals surface area contributed by atoms with Gasteiger partial charge in [-0.2, -0.15) is 0 Å². The second-order valence-corrected chi connectivity index (χ2v) is 20.6. The molecule has 2 atom stereocenters. The van der Waals surface area contributed by atoms with Gasteiger partial charge in [-0.1, -0.05) is 285 Å². The molecule has 0 aliphatic heterocycles. The van der Waals surface area contributed by atoms with Crippen LogP contribution in [-0.2, 0) is 28.6 Å². The third-order valence-corrected chi connectivity index (χ3v) is 13.6. The summed E-state index contributed by atoms with van der Waals surface area (Å²) in [7, 11) is 0. The Morgan fingerprint density at radius 2 is 0.594 bits per heavy atom. The van der Waals surface area contributed by atoms with Crippen LogP contribution in [0.3, 0.4) is 0 Å². The monoisotopic (exact) mass is 905 g/mol. The summed E-state index contributed by atoms with van der Waals surface area (Å²) >= 11 is 0. The number of unbranched alkanes of at least 4 members (excludes halogenated alkanes) is 36. The molecule has 0 aliphatic carbocycles. The molecule has 64 heavy (non-hydrogen) atoms. The Labute approximate surface area is 399 Å². The Morgan fingerprint density at radius 3 is 0.891 bits per heavy atom. The Hall–Kier alpha value is -1.59. The first kappa shape index (κ1) is 62.4. The number of hydrogen-bond acceptors (Lipinski definition) is 6. The molecule has 0 aromatic heterocycles. The van der Waals surface area contributed by atoms with Crippen molar-refractivity contribution in [3.63, 3.8) is 0 Å². The summed E-state index contributed by atoms with van der Waals surface area (Å²) < 4.78 is 16.9. The molecule has 0 fully saturated rings. The van der Waals surface area contributed by atoms with Crippen LogP contribution in [0.25, 0.3) is 0 Å². The summed E-state index contributed by atoms with van der Waals surface area (Å²) in [5.74, 6) is 0.850. The molecule has 0 bridgehead atoms. The van der Waals surface area contributed by atoms with Crippen LogP contribution in [0.4, 0.5) is 0 Å². The van der Waals surface area contributed by atoms with E-state index in [9.17, 15) is 14.4 Å². The van der Waals surface area contributed by atoms with Crippen LogP contribution in [0.1, 0.15) is 324 Å². The van der Waals surface area contributed by atoms with E-state index in [0.717, 1.165) is 69.6 Å². The van der Waals surface area contributed by atoms with E-state index in [1.54, 1.807) is 0 Å².